The van der Waals surface area contributed by atoms with E-state index in [9.17, 15) is 0 Å². The van der Waals surface area contributed by atoms with Gasteiger partial charge in [0.1, 0.15) is 0 Å². The molecule has 1 atom stereocenters. The van der Waals surface area contributed by atoms with Crippen molar-refractivity contribution in [3.05, 3.63) is 0 Å². The van der Waals surface area contributed by atoms with Crippen LogP contribution >= 0.6 is 22.6 Å². The average Bonchev–Trinajstić information content (AvgIpc) is 2.14. The standard InChI is InChI=1S/C7H14IN/c1-6(2)9-4-3-7(8)5-9/h6-7H,3-5H2,1-2H3/t7-/m0/s1. The molecule has 54 valence electrons. The Kier molecular flexibility index (Phi) is 2.76. The first-order chi connectivity index (χ1) is 4.20. The quantitative estimate of drug-likeness (QED) is 0.499. The van der Waals surface area contributed by atoms with Crippen molar-refractivity contribution in [3.8, 4) is 0 Å². The van der Waals surface area contributed by atoms with Gasteiger partial charge in [0.15, 0.2) is 0 Å². The third kappa shape index (κ3) is 2.08. The molecule has 1 nitrogen and oxygen atoms in total. The second-order valence-corrected chi connectivity index (χ2v) is 4.74. The molecule has 1 rings (SSSR count). The van der Waals surface area contributed by atoms with Gasteiger partial charge in [0.05, 0.1) is 0 Å². The summed E-state index contributed by atoms with van der Waals surface area (Å²) in [5.41, 5.74) is 0. The van der Waals surface area contributed by atoms with Gasteiger partial charge in [-0.05, 0) is 26.8 Å². The Morgan fingerprint density at radius 3 is 2.44 bits per heavy atom. The summed E-state index contributed by atoms with van der Waals surface area (Å²) in [5, 5.41) is 0. The summed E-state index contributed by atoms with van der Waals surface area (Å²) in [5.74, 6) is 0. The molecule has 1 saturated heterocycles. The summed E-state index contributed by atoms with van der Waals surface area (Å²) >= 11 is 2.54. The smallest absolute Gasteiger partial charge is 0.0249 e. The van der Waals surface area contributed by atoms with Crippen LogP contribution in [0, 0.1) is 0 Å². The van der Waals surface area contributed by atoms with E-state index >= 15 is 0 Å². The fourth-order valence-corrected chi connectivity index (χ4v) is 2.00. The number of likely N-dealkylation sites (tertiary alicyclic amines) is 1. The van der Waals surface area contributed by atoms with E-state index in [1.54, 1.807) is 0 Å². The largest absolute Gasteiger partial charge is 0.300 e. The van der Waals surface area contributed by atoms with Gasteiger partial charge in [0.2, 0.25) is 0 Å². The van der Waals surface area contributed by atoms with Crippen molar-refractivity contribution in [2.45, 2.75) is 30.2 Å². The van der Waals surface area contributed by atoms with Crippen LogP contribution in [0.3, 0.4) is 0 Å². The highest BCUT2D eigenvalue weighted by Crippen LogP contribution is 2.18. The summed E-state index contributed by atoms with van der Waals surface area (Å²) in [4.78, 5) is 2.54. The lowest BCUT2D eigenvalue weighted by molar-refractivity contribution is 0.277. The molecule has 0 saturated carbocycles. The minimum absolute atomic E-state index is 0.754. The number of hydrogen-bond donors (Lipinski definition) is 0. The second kappa shape index (κ2) is 3.19. The third-order valence-corrected chi connectivity index (χ3v) is 2.91. The van der Waals surface area contributed by atoms with E-state index in [4.69, 9.17) is 0 Å². The van der Waals surface area contributed by atoms with Crippen molar-refractivity contribution in [1.82, 2.24) is 4.90 Å². The van der Waals surface area contributed by atoms with Crippen molar-refractivity contribution >= 4 is 22.6 Å². The molecule has 0 unspecified atom stereocenters. The summed E-state index contributed by atoms with van der Waals surface area (Å²) < 4.78 is 0.907. The molecule has 0 radical (unpaired) electrons. The molecular weight excluding hydrogens is 225 g/mol. The molecule has 1 fully saturated rings. The van der Waals surface area contributed by atoms with Gasteiger partial charge < -0.3 is 0 Å². The van der Waals surface area contributed by atoms with Gasteiger partial charge in [-0.25, -0.2) is 0 Å². The lowest BCUT2D eigenvalue weighted by atomic mass is 10.3. The fraction of sp³-hybridized carbons (Fsp3) is 1.00. The molecule has 0 aromatic heterocycles. The molecule has 1 aliphatic rings. The van der Waals surface area contributed by atoms with E-state index in [1.165, 1.54) is 19.5 Å². The SMILES string of the molecule is CC(C)N1CC[C@H](I)C1. The van der Waals surface area contributed by atoms with Crippen LogP contribution < -0.4 is 0 Å². The minimum Gasteiger partial charge on any atom is -0.300 e. The molecular formula is C7H14IN. The molecule has 0 N–H and O–H groups in total. The maximum Gasteiger partial charge on any atom is 0.0249 e. The zero-order valence-electron chi connectivity index (χ0n) is 6.10. The molecule has 1 aliphatic heterocycles. The monoisotopic (exact) mass is 239 g/mol. The highest BCUT2D eigenvalue weighted by atomic mass is 127. The van der Waals surface area contributed by atoms with Crippen molar-refractivity contribution in [2.75, 3.05) is 13.1 Å². The molecule has 0 amide bonds. The van der Waals surface area contributed by atoms with Crippen LogP contribution in [0.15, 0.2) is 0 Å². The van der Waals surface area contributed by atoms with Gasteiger partial charge in [-0.1, -0.05) is 22.6 Å². The summed E-state index contributed by atoms with van der Waals surface area (Å²) in [7, 11) is 0. The number of rotatable bonds is 1. The van der Waals surface area contributed by atoms with Crippen LogP contribution in [-0.4, -0.2) is 28.0 Å². The molecule has 0 aromatic carbocycles. The Morgan fingerprint density at radius 2 is 2.22 bits per heavy atom. The Morgan fingerprint density at radius 1 is 1.56 bits per heavy atom. The topological polar surface area (TPSA) is 3.24 Å². The lowest BCUT2D eigenvalue weighted by Gasteiger charge is -2.18. The van der Waals surface area contributed by atoms with Crippen LogP contribution in [-0.2, 0) is 0 Å². The molecule has 1 heterocycles. The van der Waals surface area contributed by atoms with Crippen LogP contribution in [0.25, 0.3) is 0 Å². The molecule has 9 heavy (non-hydrogen) atoms. The van der Waals surface area contributed by atoms with E-state index in [-0.39, 0.29) is 0 Å². The molecule has 0 aliphatic carbocycles. The summed E-state index contributed by atoms with van der Waals surface area (Å²) in [6.45, 7) is 7.16. The molecule has 0 aromatic rings. The molecule has 2 heteroatoms. The molecule has 0 bridgehead atoms. The Hall–Kier alpha value is 0.690. The Labute approximate surface area is 70.9 Å². The fourth-order valence-electron chi connectivity index (χ4n) is 1.21. The first-order valence-corrected chi connectivity index (χ1v) is 4.83. The van der Waals surface area contributed by atoms with Crippen molar-refractivity contribution in [2.24, 2.45) is 0 Å². The summed E-state index contributed by atoms with van der Waals surface area (Å²) in [6, 6.07) is 0.754. The normalized spacial score (nSPS) is 30.0. The molecule has 0 spiro atoms. The number of hydrogen-bond acceptors (Lipinski definition) is 1. The van der Waals surface area contributed by atoms with Gasteiger partial charge in [-0.2, -0.15) is 0 Å². The summed E-state index contributed by atoms with van der Waals surface area (Å²) in [6.07, 6.45) is 1.39. The van der Waals surface area contributed by atoms with Crippen LogP contribution in [0.1, 0.15) is 20.3 Å². The zero-order valence-corrected chi connectivity index (χ0v) is 8.26. The maximum absolute atomic E-state index is 2.54. The number of nitrogens with zero attached hydrogens (tertiary/aromatic N) is 1. The number of alkyl halides is 1. The highest BCUT2D eigenvalue weighted by molar-refractivity contribution is 14.1. The lowest BCUT2D eigenvalue weighted by Crippen LogP contribution is -2.28. The van der Waals surface area contributed by atoms with E-state index in [0.29, 0.717) is 0 Å². The second-order valence-electron chi connectivity index (χ2n) is 2.97. The first kappa shape index (κ1) is 7.79. The predicted molar refractivity (Wildman–Crippen MR) is 49.1 cm³/mol. The van der Waals surface area contributed by atoms with Crippen molar-refractivity contribution in [1.29, 1.82) is 0 Å². The van der Waals surface area contributed by atoms with Crippen LogP contribution in [0.2, 0.25) is 0 Å². The predicted octanol–water partition coefficient (Wildman–Crippen LogP) is 1.90. The Bertz CT molecular complexity index is 92.9. The van der Waals surface area contributed by atoms with Crippen molar-refractivity contribution < 1.29 is 0 Å². The van der Waals surface area contributed by atoms with E-state index in [1.807, 2.05) is 0 Å². The van der Waals surface area contributed by atoms with Gasteiger partial charge in [-0.15, -0.1) is 0 Å². The van der Waals surface area contributed by atoms with E-state index < -0.39 is 0 Å². The van der Waals surface area contributed by atoms with Gasteiger partial charge >= 0.3 is 0 Å². The first-order valence-electron chi connectivity index (χ1n) is 3.58. The van der Waals surface area contributed by atoms with E-state index in [0.717, 1.165) is 9.97 Å². The van der Waals surface area contributed by atoms with Crippen LogP contribution in [0.4, 0.5) is 0 Å². The van der Waals surface area contributed by atoms with Gasteiger partial charge in [0, 0.05) is 16.5 Å². The van der Waals surface area contributed by atoms with Crippen molar-refractivity contribution in [3.63, 3.8) is 0 Å². The third-order valence-electron chi connectivity index (χ3n) is 1.89. The number of halogens is 1. The minimum atomic E-state index is 0.754. The van der Waals surface area contributed by atoms with Gasteiger partial charge in [0.25, 0.3) is 0 Å². The highest BCUT2D eigenvalue weighted by Gasteiger charge is 2.21. The van der Waals surface area contributed by atoms with Gasteiger partial charge in [-0.3, -0.25) is 4.90 Å². The van der Waals surface area contributed by atoms with Crippen LogP contribution in [0.5, 0.6) is 0 Å². The average molecular weight is 239 g/mol. The maximum atomic E-state index is 2.54. The zero-order chi connectivity index (χ0) is 6.85. The Balaban J connectivity index is 2.30. The van der Waals surface area contributed by atoms with E-state index in [2.05, 4.69) is 41.3 Å².